The largest absolute Gasteiger partial charge is 0.394 e. The molecular weight excluding hydrogens is 300 g/mol. The number of nitro benzene ring substituents is 1. The van der Waals surface area contributed by atoms with E-state index in [1.54, 1.807) is 12.1 Å². The minimum absolute atomic E-state index is 0.0215. The molecule has 1 aromatic carbocycles. The van der Waals surface area contributed by atoms with Crippen LogP contribution in [0.4, 0.5) is 11.4 Å². The molecule has 1 aromatic rings. The smallest absolute Gasteiger partial charge is 0.292 e. The number of anilines is 1. The van der Waals surface area contributed by atoms with Gasteiger partial charge in [0.1, 0.15) is 5.69 Å². The maximum atomic E-state index is 11.1. The van der Waals surface area contributed by atoms with Gasteiger partial charge in [0, 0.05) is 17.1 Å². The van der Waals surface area contributed by atoms with E-state index in [1.807, 2.05) is 4.90 Å². The summed E-state index contributed by atoms with van der Waals surface area (Å²) < 4.78 is 0.811. The second-order valence-electron chi connectivity index (χ2n) is 4.42. The van der Waals surface area contributed by atoms with Crippen molar-refractivity contribution in [2.24, 2.45) is 0 Å². The van der Waals surface area contributed by atoms with Crippen LogP contribution in [0.2, 0.25) is 0 Å². The van der Waals surface area contributed by atoms with Crippen molar-refractivity contribution < 1.29 is 10.0 Å². The topological polar surface area (TPSA) is 66.6 Å². The van der Waals surface area contributed by atoms with Gasteiger partial charge in [-0.1, -0.05) is 15.9 Å². The van der Waals surface area contributed by atoms with Crippen LogP contribution in [0.1, 0.15) is 19.3 Å². The Morgan fingerprint density at radius 3 is 2.94 bits per heavy atom. The average molecular weight is 315 g/mol. The zero-order valence-electron chi connectivity index (χ0n) is 9.88. The third-order valence-corrected chi connectivity index (χ3v) is 3.77. The highest BCUT2D eigenvalue weighted by Crippen LogP contribution is 2.34. The van der Waals surface area contributed by atoms with Crippen LogP contribution in [0.15, 0.2) is 22.7 Å². The van der Waals surface area contributed by atoms with Crippen LogP contribution >= 0.6 is 15.9 Å². The summed E-state index contributed by atoms with van der Waals surface area (Å²) in [5.74, 6) is 0. The molecule has 1 fully saturated rings. The Hall–Kier alpha value is -1.14. The zero-order chi connectivity index (χ0) is 13.1. The summed E-state index contributed by atoms with van der Waals surface area (Å²) in [6.45, 7) is 0.784. The second-order valence-corrected chi connectivity index (χ2v) is 5.33. The Morgan fingerprint density at radius 1 is 1.50 bits per heavy atom. The molecule has 1 aliphatic rings. The summed E-state index contributed by atoms with van der Waals surface area (Å²) >= 11 is 3.34. The summed E-state index contributed by atoms with van der Waals surface area (Å²) in [4.78, 5) is 12.7. The predicted molar refractivity (Wildman–Crippen MR) is 72.9 cm³/mol. The van der Waals surface area contributed by atoms with E-state index in [1.165, 1.54) is 6.07 Å². The number of aliphatic hydroxyl groups excluding tert-OH is 1. The van der Waals surface area contributed by atoms with Crippen molar-refractivity contribution in [3.05, 3.63) is 32.8 Å². The van der Waals surface area contributed by atoms with Crippen molar-refractivity contribution in [1.82, 2.24) is 0 Å². The van der Waals surface area contributed by atoms with E-state index in [9.17, 15) is 15.2 Å². The van der Waals surface area contributed by atoms with E-state index in [4.69, 9.17) is 0 Å². The standard InChI is InChI=1S/C12H15BrN2O3/c13-9-4-5-11(15(17)18)12(7-9)14-6-2-1-3-10(14)8-16/h4-5,7,10,16H,1-3,6,8H2. The Morgan fingerprint density at radius 2 is 2.28 bits per heavy atom. The van der Waals surface area contributed by atoms with E-state index in [0.29, 0.717) is 5.69 Å². The first-order valence-corrected chi connectivity index (χ1v) is 6.74. The van der Waals surface area contributed by atoms with Gasteiger partial charge < -0.3 is 10.0 Å². The van der Waals surface area contributed by atoms with Crippen LogP contribution in [0, 0.1) is 10.1 Å². The summed E-state index contributed by atoms with van der Waals surface area (Å²) in [5.41, 5.74) is 0.687. The van der Waals surface area contributed by atoms with Gasteiger partial charge in [-0.3, -0.25) is 10.1 Å². The van der Waals surface area contributed by atoms with Crippen LogP contribution in [0.25, 0.3) is 0 Å². The lowest BCUT2D eigenvalue weighted by Crippen LogP contribution is -2.42. The molecule has 98 valence electrons. The SMILES string of the molecule is O=[N+]([O-])c1ccc(Br)cc1N1CCCCC1CO. The predicted octanol–water partition coefficient (Wildman–Crippen LogP) is 2.71. The lowest BCUT2D eigenvalue weighted by Gasteiger charge is -2.36. The minimum Gasteiger partial charge on any atom is -0.394 e. The first-order valence-electron chi connectivity index (χ1n) is 5.95. The molecule has 0 spiro atoms. The Balaban J connectivity index is 2.41. The highest BCUT2D eigenvalue weighted by molar-refractivity contribution is 9.10. The van der Waals surface area contributed by atoms with Crippen LogP contribution < -0.4 is 4.90 Å². The molecule has 0 saturated carbocycles. The summed E-state index contributed by atoms with van der Waals surface area (Å²) in [6, 6.07) is 4.90. The Kier molecular flexibility index (Phi) is 4.19. The van der Waals surface area contributed by atoms with Crippen molar-refractivity contribution >= 4 is 27.3 Å². The van der Waals surface area contributed by atoms with E-state index in [-0.39, 0.29) is 23.3 Å². The van der Waals surface area contributed by atoms with E-state index < -0.39 is 0 Å². The molecule has 0 aromatic heterocycles. The van der Waals surface area contributed by atoms with E-state index >= 15 is 0 Å². The van der Waals surface area contributed by atoms with Crippen molar-refractivity contribution in [1.29, 1.82) is 0 Å². The average Bonchev–Trinajstić information content (AvgIpc) is 2.38. The zero-order valence-corrected chi connectivity index (χ0v) is 11.5. The number of benzene rings is 1. The summed E-state index contributed by atoms with van der Waals surface area (Å²) in [7, 11) is 0. The minimum atomic E-state index is -0.370. The number of nitrogens with zero attached hydrogens (tertiary/aromatic N) is 2. The molecular formula is C12H15BrN2O3. The number of halogens is 1. The Labute approximate surface area is 114 Å². The van der Waals surface area contributed by atoms with Gasteiger partial charge in [-0.2, -0.15) is 0 Å². The number of aliphatic hydroxyl groups is 1. The van der Waals surface area contributed by atoms with Gasteiger partial charge in [0.15, 0.2) is 0 Å². The number of piperidine rings is 1. The van der Waals surface area contributed by atoms with Gasteiger partial charge in [0.25, 0.3) is 5.69 Å². The van der Waals surface area contributed by atoms with Crippen LogP contribution in [0.3, 0.4) is 0 Å². The van der Waals surface area contributed by atoms with Crippen LogP contribution in [-0.4, -0.2) is 29.2 Å². The van der Waals surface area contributed by atoms with Gasteiger partial charge in [0.05, 0.1) is 17.6 Å². The Bertz CT molecular complexity index is 453. The van der Waals surface area contributed by atoms with Crippen molar-refractivity contribution in [3.8, 4) is 0 Å². The summed E-state index contributed by atoms with van der Waals surface area (Å²) in [5, 5.41) is 20.5. The van der Waals surface area contributed by atoms with E-state index in [0.717, 1.165) is 30.3 Å². The maximum Gasteiger partial charge on any atom is 0.292 e. The highest BCUT2D eigenvalue weighted by Gasteiger charge is 2.27. The molecule has 2 rings (SSSR count). The molecule has 0 bridgehead atoms. The molecule has 0 radical (unpaired) electrons. The fraction of sp³-hybridized carbons (Fsp3) is 0.500. The van der Waals surface area contributed by atoms with Crippen molar-refractivity contribution in [2.45, 2.75) is 25.3 Å². The van der Waals surface area contributed by atoms with Crippen LogP contribution in [0.5, 0.6) is 0 Å². The van der Waals surface area contributed by atoms with Crippen LogP contribution in [-0.2, 0) is 0 Å². The third kappa shape index (κ3) is 2.64. The van der Waals surface area contributed by atoms with Crippen molar-refractivity contribution in [3.63, 3.8) is 0 Å². The first-order chi connectivity index (χ1) is 8.63. The highest BCUT2D eigenvalue weighted by atomic mass is 79.9. The molecule has 0 aliphatic carbocycles. The molecule has 1 N–H and O–H groups in total. The second kappa shape index (κ2) is 5.67. The third-order valence-electron chi connectivity index (χ3n) is 3.28. The van der Waals surface area contributed by atoms with Gasteiger partial charge in [-0.15, -0.1) is 0 Å². The molecule has 1 aliphatic heterocycles. The van der Waals surface area contributed by atoms with E-state index in [2.05, 4.69) is 15.9 Å². The quantitative estimate of drug-likeness (QED) is 0.688. The number of rotatable bonds is 3. The molecule has 1 heterocycles. The molecule has 0 amide bonds. The molecule has 1 saturated heterocycles. The normalized spacial score (nSPS) is 19.9. The number of hydrogen-bond acceptors (Lipinski definition) is 4. The van der Waals surface area contributed by atoms with Crippen molar-refractivity contribution in [2.75, 3.05) is 18.1 Å². The van der Waals surface area contributed by atoms with Gasteiger partial charge in [-0.05, 0) is 31.4 Å². The lowest BCUT2D eigenvalue weighted by molar-refractivity contribution is -0.384. The molecule has 1 atom stereocenters. The molecule has 6 heteroatoms. The number of hydrogen-bond donors (Lipinski definition) is 1. The van der Waals surface area contributed by atoms with Gasteiger partial charge >= 0.3 is 0 Å². The molecule has 1 unspecified atom stereocenters. The fourth-order valence-electron chi connectivity index (χ4n) is 2.39. The molecule has 18 heavy (non-hydrogen) atoms. The number of nitro groups is 1. The lowest BCUT2D eigenvalue weighted by atomic mass is 10.0. The first kappa shape index (κ1) is 13.3. The maximum absolute atomic E-state index is 11.1. The monoisotopic (exact) mass is 314 g/mol. The van der Waals surface area contributed by atoms with Gasteiger partial charge in [0.2, 0.25) is 0 Å². The fourth-order valence-corrected chi connectivity index (χ4v) is 2.74. The molecule has 5 nitrogen and oxygen atoms in total. The van der Waals surface area contributed by atoms with Gasteiger partial charge in [-0.25, -0.2) is 0 Å². The summed E-state index contributed by atoms with van der Waals surface area (Å²) in [6.07, 6.45) is 2.93.